The molecule has 0 bridgehead atoms. The fraction of sp³-hybridized carbons (Fsp3) is 1.00. The minimum absolute atomic E-state index is 0.553. The Morgan fingerprint density at radius 2 is 1.21 bits per heavy atom. The zero-order valence-electron chi connectivity index (χ0n) is 17.6. The molecule has 2 aliphatic rings. The van der Waals surface area contributed by atoms with Gasteiger partial charge in [-0.25, -0.2) is 0 Å². The zero-order chi connectivity index (χ0) is 24.9. The lowest BCUT2D eigenvalue weighted by atomic mass is 9.90. The summed E-state index contributed by atoms with van der Waals surface area (Å²) in [7, 11) is 0. The van der Waals surface area contributed by atoms with Crippen molar-refractivity contribution in [3.8, 4) is 0 Å². The molecule has 0 aromatic heterocycles. The van der Waals surface area contributed by atoms with Crippen molar-refractivity contribution < 1.29 is 75.1 Å². The lowest BCUT2D eigenvalue weighted by Gasteiger charge is -2.44. The molecule has 0 saturated carbocycles. The van der Waals surface area contributed by atoms with Crippen LogP contribution in [0.1, 0.15) is 0 Å². The van der Waals surface area contributed by atoms with Gasteiger partial charge in [0.05, 0.1) is 33.0 Å². The number of aliphatic hydroxyl groups excluding tert-OH is 11. The monoisotopic (exact) mass is 490 g/mol. The normalized spacial score (nSPS) is 42.6. The van der Waals surface area contributed by atoms with Crippen LogP contribution in [0.3, 0.4) is 0 Å². The predicted octanol–water partition coefficient (Wildman–Crippen LogP) is -7.26. The molecule has 13 atom stereocenters. The Labute approximate surface area is 188 Å². The first-order chi connectivity index (χ1) is 15.6. The van der Waals surface area contributed by atoms with Crippen LogP contribution in [-0.4, -0.2) is 169 Å². The third-order valence-electron chi connectivity index (χ3n) is 5.67. The molecule has 0 amide bonds. The average molecular weight is 490 g/mol. The van der Waals surface area contributed by atoms with E-state index in [-0.39, 0.29) is 0 Å². The van der Waals surface area contributed by atoms with Crippen molar-refractivity contribution in [2.75, 3.05) is 33.0 Å². The van der Waals surface area contributed by atoms with Gasteiger partial charge >= 0.3 is 0 Å². The third kappa shape index (κ3) is 6.54. The first kappa shape index (κ1) is 28.6. The highest BCUT2D eigenvalue weighted by atomic mass is 16.7. The first-order valence-corrected chi connectivity index (χ1v) is 10.4. The standard InChI is InChI=1S/C18H34O15/c19-1-6(31-18-15(29)13(27)11(25)9(4-22)33-18)5-30-16(7(23)2-20)17-14(28)12(26)10(24)8(3-21)32-17/h6-29H,1-5H2/t6?,7?,8-,9-,10-,11-,12+,13+,14-,15-,16?,17?,18+/m1/s1. The Balaban J connectivity index is 2.08. The van der Waals surface area contributed by atoms with E-state index in [1.807, 2.05) is 0 Å². The first-order valence-electron chi connectivity index (χ1n) is 10.4. The van der Waals surface area contributed by atoms with Gasteiger partial charge in [0.15, 0.2) is 6.29 Å². The van der Waals surface area contributed by atoms with Crippen LogP contribution in [0.5, 0.6) is 0 Å². The number of aliphatic hydroxyl groups is 11. The van der Waals surface area contributed by atoms with Gasteiger partial charge in [0.1, 0.15) is 73.2 Å². The van der Waals surface area contributed by atoms with Crippen LogP contribution in [0.15, 0.2) is 0 Å². The van der Waals surface area contributed by atoms with Crippen LogP contribution in [0.2, 0.25) is 0 Å². The Morgan fingerprint density at radius 1 is 0.667 bits per heavy atom. The number of ether oxygens (including phenoxy) is 4. The van der Waals surface area contributed by atoms with Crippen molar-refractivity contribution in [1.82, 2.24) is 0 Å². The highest BCUT2D eigenvalue weighted by Crippen LogP contribution is 2.27. The summed E-state index contributed by atoms with van der Waals surface area (Å²) < 4.78 is 21.3. The molecule has 4 unspecified atom stereocenters. The van der Waals surface area contributed by atoms with Crippen molar-refractivity contribution in [2.45, 2.75) is 79.5 Å². The van der Waals surface area contributed by atoms with Crippen molar-refractivity contribution in [1.29, 1.82) is 0 Å². The van der Waals surface area contributed by atoms with E-state index < -0.39 is 113 Å². The van der Waals surface area contributed by atoms with E-state index in [1.165, 1.54) is 0 Å². The molecule has 15 nitrogen and oxygen atoms in total. The molecule has 2 heterocycles. The smallest absolute Gasteiger partial charge is 0.187 e. The summed E-state index contributed by atoms with van der Waals surface area (Å²) in [5.74, 6) is 0. The van der Waals surface area contributed by atoms with Crippen LogP contribution in [0.25, 0.3) is 0 Å². The minimum atomic E-state index is -1.78. The molecular formula is C18H34O15. The summed E-state index contributed by atoms with van der Waals surface area (Å²) >= 11 is 0. The fourth-order valence-corrected chi connectivity index (χ4v) is 3.65. The van der Waals surface area contributed by atoms with Gasteiger partial charge in [-0.1, -0.05) is 0 Å². The Morgan fingerprint density at radius 3 is 1.73 bits per heavy atom. The number of rotatable bonds is 11. The van der Waals surface area contributed by atoms with Crippen LogP contribution in [-0.2, 0) is 18.9 Å². The highest BCUT2D eigenvalue weighted by molar-refractivity contribution is 4.97. The molecule has 11 N–H and O–H groups in total. The molecule has 2 fully saturated rings. The van der Waals surface area contributed by atoms with Crippen molar-refractivity contribution in [3.63, 3.8) is 0 Å². The average Bonchev–Trinajstić information content (AvgIpc) is 2.82. The maximum atomic E-state index is 10.3. The van der Waals surface area contributed by atoms with Crippen LogP contribution >= 0.6 is 0 Å². The second-order valence-corrected chi connectivity index (χ2v) is 7.98. The molecule has 0 aromatic carbocycles. The van der Waals surface area contributed by atoms with E-state index in [2.05, 4.69) is 0 Å². The predicted molar refractivity (Wildman–Crippen MR) is 102 cm³/mol. The second-order valence-electron chi connectivity index (χ2n) is 7.98. The van der Waals surface area contributed by atoms with Gasteiger partial charge in [-0.3, -0.25) is 0 Å². The topological polar surface area (TPSA) is 259 Å². The molecule has 0 spiro atoms. The van der Waals surface area contributed by atoms with Crippen molar-refractivity contribution in [2.24, 2.45) is 0 Å². The molecule has 2 rings (SSSR count). The van der Waals surface area contributed by atoms with Crippen LogP contribution in [0.4, 0.5) is 0 Å². The van der Waals surface area contributed by atoms with E-state index in [0.717, 1.165) is 0 Å². The summed E-state index contributed by atoms with van der Waals surface area (Å²) in [4.78, 5) is 0. The molecule has 0 aliphatic carbocycles. The van der Waals surface area contributed by atoms with Gasteiger partial charge in [0.25, 0.3) is 0 Å². The second kappa shape index (κ2) is 12.9. The van der Waals surface area contributed by atoms with Gasteiger partial charge < -0.3 is 75.1 Å². The maximum absolute atomic E-state index is 10.3. The fourth-order valence-electron chi connectivity index (χ4n) is 3.65. The number of hydrogen-bond acceptors (Lipinski definition) is 15. The SMILES string of the molecule is OCC(COC(C(O)CO)C1O[C@H](CO)[C@@H](O)[C@H](O)[C@H]1O)O[C@H]1O[C@H](CO)[C@@H](O)[C@H](O)[C@H]1O. The summed E-state index contributed by atoms with van der Waals surface area (Å²) in [5.41, 5.74) is 0. The summed E-state index contributed by atoms with van der Waals surface area (Å²) in [6, 6.07) is 0. The largest absolute Gasteiger partial charge is 0.394 e. The highest BCUT2D eigenvalue weighted by Gasteiger charge is 2.49. The van der Waals surface area contributed by atoms with Gasteiger partial charge in [-0.2, -0.15) is 0 Å². The lowest BCUT2D eigenvalue weighted by molar-refractivity contribution is -0.319. The Kier molecular flexibility index (Phi) is 11.2. The molecular weight excluding hydrogens is 456 g/mol. The van der Waals surface area contributed by atoms with Crippen molar-refractivity contribution in [3.05, 3.63) is 0 Å². The lowest BCUT2D eigenvalue weighted by Crippen LogP contribution is -2.64. The van der Waals surface area contributed by atoms with Crippen LogP contribution < -0.4 is 0 Å². The van der Waals surface area contributed by atoms with E-state index in [0.29, 0.717) is 0 Å². The molecule has 0 aromatic rings. The van der Waals surface area contributed by atoms with E-state index in [4.69, 9.17) is 18.9 Å². The van der Waals surface area contributed by atoms with Crippen LogP contribution in [0, 0.1) is 0 Å². The molecule has 2 saturated heterocycles. The van der Waals surface area contributed by atoms with Gasteiger partial charge in [0, 0.05) is 0 Å². The van der Waals surface area contributed by atoms with Gasteiger partial charge in [-0.15, -0.1) is 0 Å². The molecule has 33 heavy (non-hydrogen) atoms. The third-order valence-corrected chi connectivity index (χ3v) is 5.67. The van der Waals surface area contributed by atoms with Gasteiger partial charge in [0.2, 0.25) is 0 Å². The van der Waals surface area contributed by atoms with Crippen molar-refractivity contribution >= 4 is 0 Å². The molecule has 0 radical (unpaired) electrons. The molecule has 15 heteroatoms. The summed E-state index contributed by atoms with van der Waals surface area (Å²) in [6.07, 6.45) is -20.4. The molecule has 2 aliphatic heterocycles. The van der Waals surface area contributed by atoms with E-state index in [1.54, 1.807) is 0 Å². The van der Waals surface area contributed by atoms with E-state index in [9.17, 15) is 56.2 Å². The Bertz CT molecular complexity index is 565. The summed E-state index contributed by atoms with van der Waals surface area (Å²) in [5, 5.41) is 108. The quantitative estimate of drug-likeness (QED) is 0.128. The molecule has 196 valence electrons. The Hall–Kier alpha value is -0.600. The zero-order valence-corrected chi connectivity index (χ0v) is 17.6. The minimum Gasteiger partial charge on any atom is -0.394 e. The van der Waals surface area contributed by atoms with E-state index >= 15 is 0 Å². The number of hydrogen-bond donors (Lipinski definition) is 11. The maximum Gasteiger partial charge on any atom is 0.187 e. The summed E-state index contributed by atoms with van der Waals surface area (Å²) in [6.45, 7) is -3.58. The van der Waals surface area contributed by atoms with Gasteiger partial charge in [-0.05, 0) is 0 Å².